The van der Waals surface area contributed by atoms with Gasteiger partial charge in [0.25, 0.3) is 0 Å². The summed E-state index contributed by atoms with van der Waals surface area (Å²) < 4.78 is 15.4. The lowest BCUT2D eigenvalue weighted by Crippen LogP contribution is -2.49. The van der Waals surface area contributed by atoms with Gasteiger partial charge < -0.3 is 8.85 Å². The second kappa shape index (κ2) is 12.1. The number of halogens is 1. The summed E-state index contributed by atoms with van der Waals surface area (Å²) in [6.45, 7) is 33.4. The Balaban J connectivity index is 1.93. The zero-order valence-corrected chi connectivity index (χ0v) is 31.8. The second-order valence-corrected chi connectivity index (χ2v) is 26.9. The van der Waals surface area contributed by atoms with Crippen LogP contribution in [-0.4, -0.2) is 33.3 Å². The molecule has 0 unspecified atom stereocenters. The van der Waals surface area contributed by atoms with Crippen molar-refractivity contribution in [1.29, 1.82) is 0 Å². The molecule has 2 nitrogen and oxygen atoms in total. The van der Waals surface area contributed by atoms with Gasteiger partial charge in [0, 0.05) is 10.8 Å². The van der Waals surface area contributed by atoms with E-state index in [1.165, 1.54) is 47.7 Å². The Labute approximate surface area is 258 Å². The van der Waals surface area contributed by atoms with Crippen LogP contribution >= 0.6 is 22.6 Å². The largest absolute Gasteiger partial charge is 0.413 e. The van der Waals surface area contributed by atoms with Gasteiger partial charge in [-0.3, -0.25) is 0 Å². The van der Waals surface area contributed by atoms with Gasteiger partial charge in [-0.1, -0.05) is 102 Å². The first-order valence-corrected chi connectivity index (χ1v) is 23.1. The predicted molar refractivity (Wildman–Crippen MR) is 185 cm³/mol. The normalized spacial score (nSPS) is 34.0. The minimum Gasteiger partial charge on any atom is -0.413 e. The summed E-state index contributed by atoms with van der Waals surface area (Å²) in [5, 5.41) is 0.372. The maximum absolute atomic E-state index is 7.06. The summed E-state index contributed by atoms with van der Waals surface area (Å²) in [4.78, 5) is 0. The zero-order valence-electron chi connectivity index (χ0n) is 27.6. The molecule has 0 bridgehead atoms. The molecule has 0 spiro atoms. The lowest BCUT2D eigenvalue weighted by Gasteiger charge is -2.45. The van der Waals surface area contributed by atoms with Crippen LogP contribution in [0, 0.1) is 23.2 Å². The SMILES string of the molecule is C=C1C(=CC=C2CCC[C@]3(C)[C@@H]([C@H](C)CI)CC[C@@H]23)C[C@@H](O[Si](C)(C)C(C)(C)C)C[C@@H]1O[Si](C)(C)C(C)(C)C. The van der Waals surface area contributed by atoms with Gasteiger partial charge in [-0.05, 0) is 109 Å². The molecule has 3 aliphatic rings. The lowest BCUT2D eigenvalue weighted by molar-refractivity contribution is 0.0969. The Bertz CT molecular complexity index is 951. The average Bonchev–Trinajstić information content (AvgIpc) is 3.15. The maximum Gasteiger partial charge on any atom is 0.192 e. The number of hydrogen-bond donors (Lipinski definition) is 0. The zero-order chi connectivity index (χ0) is 29.6. The summed E-state index contributed by atoms with van der Waals surface area (Å²) in [6, 6.07) is 0. The fourth-order valence-electron chi connectivity index (χ4n) is 7.09. The van der Waals surface area contributed by atoms with E-state index in [1.54, 1.807) is 5.57 Å². The van der Waals surface area contributed by atoms with Gasteiger partial charge in [0.1, 0.15) is 0 Å². The average molecular weight is 685 g/mol. The first-order chi connectivity index (χ1) is 17.7. The highest BCUT2D eigenvalue weighted by Crippen LogP contribution is 2.59. The Morgan fingerprint density at radius 2 is 1.59 bits per heavy atom. The van der Waals surface area contributed by atoms with Gasteiger partial charge >= 0.3 is 0 Å². The fraction of sp³-hybridized carbons (Fsp3) is 0.824. The van der Waals surface area contributed by atoms with Gasteiger partial charge in [-0.25, -0.2) is 0 Å². The highest BCUT2D eigenvalue weighted by atomic mass is 127. The third-order valence-electron chi connectivity index (χ3n) is 11.7. The topological polar surface area (TPSA) is 18.5 Å². The van der Waals surface area contributed by atoms with Gasteiger partial charge in [0.05, 0.1) is 12.2 Å². The van der Waals surface area contributed by atoms with Crippen molar-refractivity contribution in [3.8, 4) is 0 Å². The number of fused-ring (bicyclic) bond motifs is 1. The summed E-state index contributed by atoms with van der Waals surface area (Å²) in [6.07, 6.45) is 13.9. The smallest absolute Gasteiger partial charge is 0.192 e. The first kappa shape index (κ1) is 33.8. The predicted octanol–water partition coefficient (Wildman–Crippen LogP) is 11.3. The van der Waals surface area contributed by atoms with Crippen molar-refractivity contribution in [2.24, 2.45) is 23.2 Å². The van der Waals surface area contributed by atoms with E-state index < -0.39 is 16.6 Å². The molecule has 0 N–H and O–H groups in total. The van der Waals surface area contributed by atoms with E-state index >= 15 is 0 Å². The Hall–Kier alpha value is 0.304. The summed E-state index contributed by atoms with van der Waals surface area (Å²) in [5.41, 5.74) is 4.73. The van der Waals surface area contributed by atoms with Gasteiger partial charge in [-0.15, -0.1) is 0 Å². The van der Waals surface area contributed by atoms with Crippen molar-refractivity contribution in [3.05, 3.63) is 35.5 Å². The van der Waals surface area contributed by atoms with Gasteiger partial charge in [0.2, 0.25) is 0 Å². The number of allylic oxidation sites excluding steroid dienone is 3. The van der Waals surface area contributed by atoms with Crippen LogP contribution in [0.3, 0.4) is 0 Å². The molecule has 0 saturated heterocycles. The molecule has 3 aliphatic carbocycles. The van der Waals surface area contributed by atoms with Gasteiger partial charge in [0.15, 0.2) is 16.6 Å². The van der Waals surface area contributed by atoms with E-state index in [2.05, 4.69) is 123 Å². The molecule has 0 heterocycles. The van der Waals surface area contributed by atoms with Crippen LogP contribution in [0.25, 0.3) is 0 Å². The fourth-order valence-corrected chi connectivity index (χ4v) is 10.4. The van der Waals surface area contributed by atoms with Crippen molar-refractivity contribution in [1.82, 2.24) is 0 Å². The van der Waals surface area contributed by atoms with Crippen molar-refractivity contribution in [2.45, 2.75) is 149 Å². The molecule has 3 fully saturated rings. The van der Waals surface area contributed by atoms with E-state index in [-0.39, 0.29) is 22.3 Å². The van der Waals surface area contributed by atoms with Crippen LogP contribution in [-0.2, 0) is 8.85 Å². The molecule has 0 amide bonds. The Kier molecular flexibility index (Phi) is 10.5. The van der Waals surface area contributed by atoms with Crippen LogP contribution in [0.5, 0.6) is 0 Å². The highest BCUT2D eigenvalue weighted by molar-refractivity contribution is 14.1. The standard InChI is InChI=1S/C34H61IO2Si2/c1-24(23-35)29-18-19-30-26(15-14-20-34(29,30)9)16-17-27-21-28(36-38(10,11)32(3,4)5)22-31(25(27)2)37-39(12,13)33(6,7)8/h16-17,24,28-31H,2,14-15,18-23H2,1,3-13H3/t24-,28-,29-,30+,31+,34-/m1/s1. The van der Waals surface area contributed by atoms with E-state index in [1.807, 2.05) is 0 Å². The molecule has 0 aromatic heterocycles. The van der Waals surface area contributed by atoms with Crippen LogP contribution in [0.15, 0.2) is 35.5 Å². The van der Waals surface area contributed by atoms with Crippen LogP contribution in [0.1, 0.15) is 100 Å². The summed E-state index contributed by atoms with van der Waals surface area (Å²) >= 11 is 2.61. The molecule has 0 aromatic carbocycles. The number of alkyl halides is 1. The van der Waals surface area contributed by atoms with E-state index in [9.17, 15) is 0 Å². The molecule has 0 radical (unpaired) electrons. The minimum atomic E-state index is -1.94. The Morgan fingerprint density at radius 1 is 1.00 bits per heavy atom. The van der Waals surface area contributed by atoms with Gasteiger partial charge in [-0.2, -0.15) is 0 Å². The molecule has 224 valence electrons. The molecule has 5 heteroatoms. The van der Waals surface area contributed by atoms with Crippen molar-refractivity contribution >= 4 is 39.2 Å². The molecule has 0 aliphatic heterocycles. The van der Waals surface area contributed by atoms with Crippen molar-refractivity contribution < 1.29 is 8.85 Å². The van der Waals surface area contributed by atoms with Crippen LogP contribution in [0.2, 0.25) is 36.3 Å². The quantitative estimate of drug-likeness (QED) is 0.151. The summed E-state index contributed by atoms with van der Waals surface area (Å²) in [5.74, 6) is 2.43. The monoisotopic (exact) mass is 684 g/mol. The molecular weight excluding hydrogens is 623 g/mol. The third-order valence-corrected chi connectivity index (χ3v) is 22.1. The van der Waals surface area contributed by atoms with E-state index in [0.717, 1.165) is 30.6 Å². The highest BCUT2D eigenvalue weighted by Gasteiger charge is 2.50. The maximum atomic E-state index is 7.06. The molecule has 3 rings (SSSR count). The van der Waals surface area contributed by atoms with Crippen molar-refractivity contribution in [2.75, 3.05) is 4.43 Å². The Morgan fingerprint density at radius 3 is 2.15 bits per heavy atom. The van der Waals surface area contributed by atoms with Crippen LogP contribution < -0.4 is 0 Å². The van der Waals surface area contributed by atoms with E-state index in [4.69, 9.17) is 8.85 Å². The molecule has 39 heavy (non-hydrogen) atoms. The molecule has 6 atom stereocenters. The first-order valence-electron chi connectivity index (χ1n) is 15.7. The summed E-state index contributed by atoms with van der Waals surface area (Å²) in [7, 11) is -3.83. The van der Waals surface area contributed by atoms with E-state index in [0.29, 0.717) is 5.41 Å². The minimum absolute atomic E-state index is 0.0519. The third kappa shape index (κ3) is 7.27. The number of rotatable bonds is 7. The lowest BCUT2D eigenvalue weighted by atomic mass is 9.61. The van der Waals surface area contributed by atoms with Crippen LogP contribution in [0.4, 0.5) is 0 Å². The molecular formula is C34H61IO2Si2. The second-order valence-electron chi connectivity index (χ2n) is 16.5. The molecule has 3 saturated carbocycles. The van der Waals surface area contributed by atoms with Crippen molar-refractivity contribution in [3.63, 3.8) is 0 Å². The molecule has 0 aromatic rings. The number of hydrogen-bond acceptors (Lipinski definition) is 2.